The molecule has 2 aliphatic rings. The van der Waals surface area contributed by atoms with Crippen LogP contribution >= 0.6 is 0 Å². The van der Waals surface area contributed by atoms with E-state index in [1.165, 1.54) is 19.3 Å². The molecule has 1 N–H and O–H groups in total. The highest BCUT2D eigenvalue weighted by molar-refractivity contribution is 5.28. The van der Waals surface area contributed by atoms with Crippen LogP contribution in [-0.2, 0) is 6.54 Å². The number of aromatic nitrogens is 1. The van der Waals surface area contributed by atoms with Gasteiger partial charge in [0.15, 0.2) is 0 Å². The summed E-state index contributed by atoms with van der Waals surface area (Å²) in [6.07, 6.45) is 5.74. The molecule has 100 valence electrons. The lowest BCUT2D eigenvalue weighted by Gasteiger charge is -2.33. The molecule has 2 fully saturated rings. The van der Waals surface area contributed by atoms with Crippen molar-refractivity contribution >= 4 is 6.01 Å². The maximum atomic E-state index is 5.63. The van der Waals surface area contributed by atoms with Gasteiger partial charge >= 0.3 is 0 Å². The maximum Gasteiger partial charge on any atom is 0.297 e. The second-order valence-electron chi connectivity index (χ2n) is 6.13. The molecule has 2 heterocycles. The number of rotatable bonds is 4. The van der Waals surface area contributed by atoms with Crippen LogP contribution < -0.4 is 10.2 Å². The van der Waals surface area contributed by atoms with Crippen LogP contribution in [0.1, 0.15) is 38.8 Å². The van der Waals surface area contributed by atoms with Crippen molar-refractivity contribution in [1.82, 2.24) is 10.3 Å². The molecule has 1 aromatic rings. The van der Waals surface area contributed by atoms with Crippen molar-refractivity contribution in [1.29, 1.82) is 0 Å². The van der Waals surface area contributed by atoms with Crippen LogP contribution in [0.15, 0.2) is 10.7 Å². The van der Waals surface area contributed by atoms with Gasteiger partial charge in [-0.15, -0.1) is 0 Å². The highest BCUT2D eigenvalue weighted by Gasteiger charge is 2.25. The number of hydrogen-bond acceptors (Lipinski definition) is 4. The third-order valence-corrected chi connectivity index (χ3v) is 3.83. The number of piperidine rings is 1. The predicted molar refractivity (Wildman–Crippen MR) is 71.5 cm³/mol. The van der Waals surface area contributed by atoms with Gasteiger partial charge in [0.1, 0.15) is 6.26 Å². The molecule has 0 amide bonds. The zero-order valence-electron chi connectivity index (χ0n) is 11.4. The van der Waals surface area contributed by atoms with Gasteiger partial charge in [0.25, 0.3) is 6.01 Å². The van der Waals surface area contributed by atoms with E-state index in [0.717, 1.165) is 49.2 Å². The summed E-state index contributed by atoms with van der Waals surface area (Å²) in [5.41, 5.74) is 1.03. The molecule has 2 unspecified atom stereocenters. The summed E-state index contributed by atoms with van der Waals surface area (Å²) in [4.78, 5) is 6.89. The third-order valence-electron chi connectivity index (χ3n) is 3.83. The summed E-state index contributed by atoms with van der Waals surface area (Å²) in [5.74, 6) is 1.46. The van der Waals surface area contributed by atoms with Crippen molar-refractivity contribution in [3.8, 4) is 0 Å². The van der Waals surface area contributed by atoms with Crippen molar-refractivity contribution in [3.63, 3.8) is 0 Å². The fourth-order valence-electron chi connectivity index (χ4n) is 2.88. The van der Waals surface area contributed by atoms with Crippen LogP contribution in [0.4, 0.5) is 6.01 Å². The Morgan fingerprint density at radius 1 is 1.33 bits per heavy atom. The molecule has 18 heavy (non-hydrogen) atoms. The molecular weight excluding hydrogens is 226 g/mol. The summed E-state index contributed by atoms with van der Waals surface area (Å²) >= 11 is 0. The first-order chi connectivity index (χ1) is 8.70. The van der Waals surface area contributed by atoms with Crippen LogP contribution in [0.25, 0.3) is 0 Å². The summed E-state index contributed by atoms with van der Waals surface area (Å²) < 4.78 is 5.63. The van der Waals surface area contributed by atoms with E-state index < -0.39 is 0 Å². The number of hydrogen-bond donors (Lipinski definition) is 1. The monoisotopic (exact) mass is 249 g/mol. The Morgan fingerprint density at radius 2 is 2.06 bits per heavy atom. The fourth-order valence-corrected chi connectivity index (χ4v) is 2.88. The minimum absolute atomic E-state index is 0.722. The molecular formula is C14H23N3O. The van der Waals surface area contributed by atoms with Crippen molar-refractivity contribution < 1.29 is 4.42 Å². The van der Waals surface area contributed by atoms with Crippen molar-refractivity contribution in [3.05, 3.63) is 12.0 Å². The Balaban J connectivity index is 1.60. The molecule has 4 nitrogen and oxygen atoms in total. The average Bonchev–Trinajstić information content (AvgIpc) is 3.02. The number of oxazole rings is 1. The van der Waals surface area contributed by atoms with Gasteiger partial charge < -0.3 is 14.6 Å². The van der Waals surface area contributed by atoms with Crippen LogP contribution in [-0.4, -0.2) is 24.1 Å². The quantitative estimate of drug-likeness (QED) is 0.889. The molecule has 1 saturated heterocycles. The first-order valence-corrected chi connectivity index (χ1v) is 7.13. The van der Waals surface area contributed by atoms with Gasteiger partial charge in [0.05, 0.1) is 5.69 Å². The van der Waals surface area contributed by atoms with E-state index in [9.17, 15) is 0 Å². The van der Waals surface area contributed by atoms with E-state index in [4.69, 9.17) is 4.42 Å². The predicted octanol–water partition coefficient (Wildman–Crippen LogP) is 2.41. The molecule has 1 aliphatic carbocycles. The summed E-state index contributed by atoms with van der Waals surface area (Å²) in [6.45, 7) is 7.59. The Hall–Kier alpha value is -1.03. The zero-order valence-corrected chi connectivity index (χ0v) is 11.4. The van der Waals surface area contributed by atoms with Crippen molar-refractivity contribution in [2.45, 2.75) is 45.7 Å². The van der Waals surface area contributed by atoms with Crippen LogP contribution in [0, 0.1) is 11.8 Å². The first kappa shape index (κ1) is 12.0. The second-order valence-corrected chi connectivity index (χ2v) is 6.13. The normalized spacial score (nSPS) is 28.7. The minimum atomic E-state index is 0.722. The Morgan fingerprint density at radius 3 is 2.72 bits per heavy atom. The summed E-state index contributed by atoms with van der Waals surface area (Å²) in [5, 5.41) is 3.47. The molecule has 0 radical (unpaired) electrons. The van der Waals surface area contributed by atoms with Gasteiger partial charge in [-0.1, -0.05) is 13.8 Å². The van der Waals surface area contributed by atoms with Gasteiger partial charge in [0, 0.05) is 25.7 Å². The van der Waals surface area contributed by atoms with Crippen LogP contribution in [0.5, 0.6) is 0 Å². The van der Waals surface area contributed by atoms with E-state index in [0.29, 0.717) is 0 Å². The van der Waals surface area contributed by atoms with E-state index in [2.05, 4.69) is 29.0 Å². The molecule has 1 aliphatic heterocycles. The number of nitrogens with one attached hydrogen (secondary N) is 1. The van der Waals surface area contributed by atoms with Gasteiger partial charge in [-0.3, -0.25) is 0 Å². The minimum Gasteiger partial charge on any atom is -0.432 e. The average molecular weight is 249 g/mol. The second kappa shape index (κ2) is 4.92. The molecule has 0 spiro atoms. The number of nitrogens with zero attached hydrogens (tertiary/aromatic N) is 2. The molecule has 1 aromatic heterocycles. The number of anilines is 1. The van der Waals surface area contributed by atoms with Crippen LogP contribution in [0.2, 0.25) is 0 Å². The summed E-state index contributed by atoms with van der Waals surface area (Å²) in [7, 11) is 0. The van der Waals surface area contributed by atoms with Gasteiger partial charge in [-0.25, -0.2) is 0 Å². The highest BCUT2D eigenvalue weighted by Crippen LogP contribution is 2.26. The summed E-state index contributed by atoms with van der Waals surface area (Å²) in [6, 6.07) is 1.53. The highest BCUT2D eigenvalue weighted by atomic mass is 16.4. The molecule has 3 rings (SSSR count). The Bertz CT molecular complexity index is 389. The fraction of sp³-hybridized carbons (Fsp3) is 0.786. The van der Waals surface area contributed by atoms with Gasteiger partial charge in [0.2, 0.25) is 0 Å². The van der Waals surface area contributed by atoms with E-state index in [-0.39, 0.29) is 0 Å². The van der Waals surface area contributed by atoms with E-state index >= 15 is 0 Å². The molecule has 2 atom stereocenters. The lowest BCUT2D eigenvalue weighted by molar-refractivity contribution is 0.340. The largest absolute Gasteiger partial charge is 0.432 e. The third kappa shape index (κ3) is 2.86. The maximum absolute atomic E-state index is 5.63. The smallest absolute Gasteiger partial charge is 0.297 e. The first-order valence-electron chi connectivity index (χ1n) is 7.13. The molecule has 0 bridgehead atoms. The van der Waals surface area contributed by atoms with E-state index in [1.54, 1.807) is 6.26 Å². The lowest BCUT2D eigenvalue weighted by Crippen LogP contribution is -2.38. The molecule has 1 saturated carbocycles. The van der Waals surface area contributed by atoms with Gasteiger partial charge in [-0.2, -0.15) is 4.98 Å². The molecule has 0 aromatic carbocycles. The molecule has 4 heteroatoms. The Kier molecular flexibility index (Phi) is 3.29. The van der Waals surface area contributed by atoms with Gasteiger partial charge in [-0.05, 0) is 31.1 Å². The van der Waals surface area contributed by atoms with Crippen molar-refractivity contribution in [2.24, 2.45) is 11.8 Å². The topological polar surface area (TPSA) is 41.3 Å². The zero-order chi connectivity index (χ0) is 12.5. The SMILES string of the molecule is CC1CC(C)CN(c2nc(CNC3CC3)co2)C1. The lowest BCUT2D eigenvalue weighted by atomic mass is 9.92. The Labute approximate surface area is 109 Å². The van der Waals surface area contributed by atoms with E-state index in [1.807, 2.05) is 0 Å². The van der Waals surface area contributed by atoms with Crippen LogP contribution in [0.3, 0.4) is 0 Å². The van der Waals surface area contributed by atoms with Crippen molar-refractivity contribution in [2.75, 3.05) is 18.0 Å². The standard InChI is InChI=1S/C14H23N3O/c1-10-5-11(2)8-17(7-10)14-16-13(9-18-14)6-15-12-3-4-12/h9-12,15H,3-8H2,1-2H3.